The molecule has 0 fully saturated rings. The lowest BCUT2D eigenvalue weighted by Crippen LogP contribution is -2.03. The Balaban J connectivity index is 2.04. The molecule has 0 spiro atoms. The molecule has 8 heteroatoms. The van der Waals surface area contributed by atoms with E-state index < -0.39 is 12.4 Å². The van der Waals surface area contributed by atoms with Gasteiger partial charge in [0.15, 0.2) is 5.58 Å². The summed E-state index contributed by atoms with van der Waals surface area (Å²) < 4.78 is 33.2. The number of nitrogens with one attached hydrogen (secondary N) is 1. The van der Waals surface area contributed by atoms with Gasteiger partial charge in [0.2, 0.25) is 5.88 Å². The van der Waals surface area contributed by atoms with Crippen LogP contribution in [-0.4, -0.2) is 21.6 Å². The first-order valence-electron chi connectivity index (χ1n) is 5.52. The molecule has 3 aromatic rings. The number of benzene rings is 1. The maximum absolute atomic E-state index is 12.0. The number of hydrogen-bond donors (Lipinski definition) is 1. The zero-order chi connectivity index (χ0) is 14.1. The first-order valence-corrected chi connectivity index (χ1v) is 5.52. The van der Waals surface area contributed by atoms with Gasteiger partial charge in [0.1, 0.15) is 0 Å². The molecule has 0 aliphatic carbocycles. The van der Waals surface area contributed by atoms with Gasteiger partial charge in [0, 0.05) is 5.56 Å². The third-order valence-corrected chi connectivity index (χ3v) is 2.56. The lowest BCUT2D eigenvalue weighted by atomic mass is 10.1. The van der Waals surface area contributed by atoms with Gasteiger partial charge >= 0.3 is 12.4 Å². The van der Waals surface area contributed by atoms with E-state index in [2.05, 4.69) is 19.7 Å². The van der Waals surface area contributed by atoms with Crippen molar-refractivity contribution in [2.24, 2.45) is 0 Å². The van der Waals surface area contributed by atoms with Crippen LogP contribution in [0, 0.1) is 0 Å². The van der Waals surface area contributed by atoms with Crippen LogP contribution in [0.2, 0.25) is 0 Å². The van der Waals surface area contributed by atoms with Gasteiger partial charge in [0.05, 0.1) is 23.6 Å². The summed E-state index contributed by atoms with van der Waals surface area (Å²) >= 11 is 0. The van der Waals surface area contributed by atoms with Crippen molar-refractivity contribution in [1.82, 2.24) is 15.0 Å². The van der Waals surface area contributed by atoms with Gasteiger partial charge < -0.3 is 9.15 Å². The molecule has 0 amide bonds. The summed E-state index contributed by atoms with van der Waals surface area (Å²) in [7, 11) is 0. The highest BCUT2D eigenvalue weighted by Gasteiger charge is 2.11. The first kappa shape index (κ1) is 12.3. The number of aromatic nitrogens is 3. The number of para-hydroxylation sites is 1. The molecule has 1 aromatic carbocycles. The number of halogens is 2. The molecule has 0 atom stereocenters. The van der Waals surface area contributed by atoms with Gasteiger partial charge in [-0.3, -0.25) is 4.98 Å². The van der Waals surface area contributed by atoms with E-state index in [1.165, 1.54) is 6.20 Å². The number of fused-ring (bicyclic) bond motifs is 1. The predicted molar refractivity (Wildman–Crippen MR) is 64.5 cm³/mol. The third kappa shape index (κ3) is 2.22. The quantitative estimate of drug-likeness (QED) is 0.794. The van der Waals surface area contributed by atoms with Crippen molar-refractivity contribution in [2.45, 2.75) is 6.61 Å². The first-order chi connectivity index (χ1) is 9.63. The molecule has 20 heavy (non-hydrogen) atoms. The number of alkyl halides is 2. The van der Waals surface area contributed by atoms with E-state index >= 15 is 0 Å². The molecule has 0 unspecified atom stereocenters. The smallest absolute Gasteiger partial charge is 0.415 e. The minimum Gasteiger partial charge on any atom is -0.415 e. The van der Waals surface area contributed by atoms with Crippen LogP contribution in [0.25, 0.3) is 22.4 Å². The van der Waals surface area contributed by atoms with Gasteiger partial charge in [-0.05, 0) is 12.1 Å². The Morgan fingerprint density at radius 2 is 2.10 bits per heavy atom. The van der Waals surface area contributed by atoms with E-state index in [0.29, 0.717) is 22.4 Å². The second-order valence-electron chi connectivity index (χ2n) is 3.82. The molecular weight excluding hydrogens is 272 g/mol. The second-order valence-corrected chi connectivity index (χ2v) is 3.82. The SMILES string of the molecule is O=c1[nH]c2cccc(-c3cnc(OC(F)F)cn3)c2o1. The number of oxazole rings is 1. The molecule has 0 radical (unpaired) electrons. The van der Waals surface area contributed by atoms with Gasteiger partial charge in [-0.15, -0.1) is 0 Å². The summed E-state index contributed by atoms with van der Waals surface area (Å²) in [4.78, 5) is 21.4. The van der Waals surface area contributed by atoms with Crippen LogP contribution in [0.15, 0.2) is 39.8 Å². The number of hydrogen-bond acceptors (Lipinski definition) is 5. The van der Waals surface area contributed by atoms with Crippen molar-refractivity contribution >= 4 is 11.1 Å². The van der Waals surface area contributed by atoms with Crippen LogP contribution < -0.4 is 10.5 Å². The van der Waals surface area contributed by atoms with E-state index in [-0.39, 0.29) is 5.88 Å². The fraction of sp³-hybridized carbons (Fsp3) is 0.0833. The molecule has 0 saturated heterocycles. The molecule has 0 bridgehead atoms. The van der Waals surface area contributed by atoms with Crippen molar-refractivity contribution in [3.8, 4) is 17.1 Å². The molecule has 0 saturated carbocycles. The van der Waals surface area contributed by atoms with Crippen molar-refractivity contribution < 1.29 is 17.9 Å². The average molecular weight is 279 g/mol. The Bertz CT molecular complexity index is 796. The lowest BCUT2D eigenvalue weighted by molar-refractivity contribution is -0.0530. The summed E-state index contributed by atoms with van der Waals surface area (Å²) in [5, 5.41) is 0. The van der Waals surface area contributed by atoms with E-state index in [0.717, 1.165) is 6.20 Å². The Kier molecular flexibility index (Phi) is 2.90. The lowest BCUT2D eigenvalue weighted by Gasteiger charge is -2.04. The van der Waals surface area contributed by atoms with Crippen molar-refractivity contribution in [2.75, 3.05) is 0 Å². The minimum atomic E-state index is -2.96. The third-order valence-electron chi connectivity index (χ3n) is 2.56. The van der Waals surface area contributed by atoms with Crippen LogP contribution in [0.4, 0.5) is 8.78 Å². The predicted octanol–water partition coefficient (Wildman–Crippen LogP) is 2.18. The van der Waals surface area contributed by atoms with Crippen molar-refractivity contribution in [1.29, 1.82) is 0 Å². The summed E-state index contributed by atoms with van der Waals surface area (Å²) in [6.07, 6.45) is 2.34. The van der Waals surface area contributed by atoms with E-state index in [4.69, 9.17) is 4.42 Å². The summed E-state index contributed by atoms with van der Waals surface area (Å²) in [6, 6.07) is 5.05. The molecule has 2 heterocycles. The normalized spacial score (nSPS) is 11.2. The molecule has 6 nitrogen and oxygen atoms in total. The topological polar surface area (TPSA) is 81.0 Å². The standard InChI is InChI=1S/C12H7F2N3O3/c13-11(14)19-9-5-15-8(4-16-9)6-2-1-3-7-10(6)20-12(18)17-7/h1-5,11H,(H,17,18). The number of H-pyrrole nitrogens is 1. The van der Waals surface area contributed by atoms with Gasteiger partial charge in [-0.2, -0.15) is 8.78 Å². The fourth-order valence-corrected chi connectivity index (χ4v) is 1.78. The number of nitrogens with zero attached hydrogens (tertiary/aromatic N) is 2. The van der Waals surface area contributed by atoms with Crippen LogP contribution >= 0.6 is 0 Å². The molecule has 0 aliphatic rings. The van der Waals surface area contributed by atoms with E-state index in [1.807, 2.05) is 0 Å². The molecule has 102 valence electrons. The highest BCUT2D eigenvalue weighted by molar-refractivity contribution is 5.88. The van der Waals surface area contributed by atoms with Crippen LogP contribution in [0.5, 0.6) is 5.88 Å². The second kappa shape index (κ2) is 4.72. The zero-order valence-electron chi connectivity index (χ0n) is 9.84. The van der Waals surface area contributed by atoms with E-state index in [1.54, 1.807) is 18.2 Å². The van der Waals surface area contributed by atoms with Crippen molar-refractivity contribution in [3.63, 3.8) is 0 Å². The molecule has 3 rings (SSSR count). The van der Waals surface area contributed by atoms with Crippen LogP contribution in [-0.2, 0) is 0 Å². The zero-order valence-corrected chi connectivity index (χ0v) is 9.84. The van der Waals surface area contributed by atoms with Crippen LogP contribution in [0.3, 0.4) is 0 Å². The monoisotopic (exact) mass is 279 g/mol. The summed E-state index contributed by atoms with van der Waals surface area (Å²) in [5.74, 6) is -0.871. The van der Waals surface area contributed by atoms with Gasteiger partial charge in [-0.25, -0.2) is 14.8 Å². The number of ether oxygens (including phenoxy) is 1. The van der Waals surface area contributed by atoms with E-state index in [9.17, 15) is 13.6 Å². The summed E-state index contributed by atoms with van der Waals surface area (Å²) in [5.41, 5.74) is 1.74. The highest BCUT2D eigenvalue weighted by atomic mass is 19.3. The molecule has 2 aromatic heterocycles. The Morgan fingerprint density at radius 3 is 2.80 bits per heavy atom. The number of aromatic amines is 1. The Morgan fingerprint density at radius 1 is 1.25 bits per heavy atom. The molecule has 0 aliphatic heterocycles. The van der Waals surface area contributed by atoms with Gasteiger partial charge in [0.25, 0.3) is 0 Å². The average Bonchev–Trinajstić information content (AvgIpc) is 2.79. The Labute approximate surface area is 110 Å². The van der Waals surface area contributed by atoms with Gasteiger partial charge in [-0.1, -0.05) is 6.07 Å². The Hall–Kier alpha value is -2.77. The number of rotatable bonds is 3. The highest BCUT2D eigenvalue weighted by Crippen LogP contribution is 2.25. The summed E-state index contributed by atoms with van der Waals surface area (Å²) in [6.45, 7) is -2.96. The minimum absolute atomic E-state index is 0.286. The fourth-order valence-electron chi connectivity index (χ4n) is 1.78. The van der Waals surface area contributed by atoms with Crippen molar-refractivity contribution in [3.05, 3.63) is 41.1 Å². The molecule has 1 N–H and O–H groups in total. The maximum atomic E-state index is 12.0. The largest absolute Gasteiger partial charge is 0.417 e. The maximum Gasteiger partial charge on any atom is 0.417 e. The van der Waals surface area contributed by atoms with Crippen LogP contribution in [0.1, 0.15) is 0 Å². The molecular formula is C12H7F2N3O3.